The molecule has 0 amide bonds. The zero-order valence-electron chi connectivity index (χ0n) is 16.3. The van der Waals surface area contributed by atoms with Gasteiger partial charge in [0, 0.05) is 32.2 Å². The Balaban J connectivity index is 2.17. The van der Waals surface area contributed by atoms with Gasteiger partial charge in [0.25, 0.3) is 0 Å². The van der Waals surface area contributed by atoms with Gasteiger partial charge in [0.2, 0.25) is 0 Å². The first-order chi connectivity index (χ1) is 11.4. The summed E-state index contributed by atoms with van der Waals surface area (Å²) in [6.45, 7) is 9.56. The van der Waals surface area contributed by atoms with E-state index in [1.165, 1.54) is 116 Å². The molecule has 0 radical (unpaired) electrons. The Morgan fingerprint density at radius 3 is 1.57 bits per heavy atom. The lowest BCUT2D eigenvalue weighted by Gasteiger charge is -2.35. The van der Waals surface area contributed by atoms with Gasteiger partial charge in [0.05, 0.1) is 0 Å². The van der Waals surface area contributed by atoms with E-state index < -0.39 is 0 Å². The van der Waals surface area contributed by atoms with Gasteiger partial charge in [0.1, 0.15) is 0 Å². The maximum atomic E-state index is 3.51. The first-order valence-electron chi connectivity index (χ1n) is 10.8. The van der Waals surface area contributed by atoms with Crippen LogP contribution in [-0.2, 0) is 0 Å². The van der Waals surface area contributed by atoms with Gasteiger partial charge in [-0.1, -0.05) is 90.9 Å². The zero-order valence-corrected chi connectivity index (χ0v) is 16.3. The molecule has 138 valence electrons. The lowest BCUT2D eigenvalue weighted by Crippen LogP contribution is -2.48. The first kappa shape index (κ1) is 21.0. The largest absolute Gasteiger partial charge is 0.314 e. The Labute approximate surface area is 146 Å². The number of nitrogens with one attached hydrogen (secondary N) is 1. The van der Waals surface area contributed by atoms with Gasteiger partial charge < -0.3 is 5.32 Å². The van der Waals surface area contributed by atoms with Crippen LogP contribution in [0.25, 0.3) is 0 Å². The van der Waals surface area contributed by atoms with Crippen LogP contribution in [0.3, 0.4) is 0 Å². The fraction of sp³-hybridized carbons (Fsp3) is 1.00. The second-order valence-corrected chi connectivity index (χ2v) is 7.55. The Kier molecular flexibility index (Phi) is 14.1. The van der Waals surface area contributed by atoms with Crippen LogP contribution < -0.4 is 5.32 Å². The lowest BCUT2D eigenvalue weighted by atomic mass is 9.98. The molecule has 1 fully saturated rings. The van der Waals surface area contributed by atoms with Crippen LogP contribution >= 0.6 is 0 Å². The predicted molar refractivity (Wildman–Crippen MR) is 104 cm³/mol. The summed E-state index contributed by atoms with van der Waals surface area (Å²) < 4.78 is 0. The molecule has 0 aromatic rings. The van der Waals surface area contributed by atoms with E-state index in [0.717, 1.165) is 6.04 Å². The van der Waals surface area contributed by atoms with Gasteiger partial charge in [0.15, 0.2) is 0 Å². The van der Waals surface area contributed by atoms with Gasteiger partial charge >= 0.3 is 0 Å². The van der Waals surface area contributed by atoms with E-state index in [4.69, 9.17) is 0 Å². The fourth-order valence-electron chi connectivity index (χ4n) is 3.88. The third-order valence-corrected chi connectivity index (χ3v) is 5.45. The SMILES string of the molecule is CCCCCCCCC(CCCCCCCC)N1CCNCC1. The molecule has 0 saturated carbocycles. The van der Waals surface area contributed by atoms with Crippen molar-refractivity contribution in [3.8, 4) is 0 Å². The highest BCUT2D eigenvalue weighted by Crippen LogP contribution is 2.19. The van der Waals surface area contributed by atoms with Crippen molar-refractivity contribution in [3.63, 3.8) is 0 Å². The molecule has 2 nitrogen and oxygen atoms in total. The van der Waals surface area contributed by atoms with E-state index in [9.17, 15) is 0 Å². The molecule has 0 unspecified atom stereocenters. The quantitative estimate of drug-likeness (QED) is 0.385. The van der Waals surface area contributed by atoms with Crippen molar-refractivity contribution < 1.29 is 0 Å². The number of hydrogen-bond donors (Lipinski definition) is 1. The van der Waals surface area contributed by atoms with Crippen LogP contribution in [0.2, 0.25) is 0 Å². The molecule has 0 bridgehead atoms. The van der Waals surface area contributed by atoms with Crippen molar-refractivity contribution in [1.29, 1.82) is 0 Å². The van der Waals surface area contributed by atoms with E-state index in [1.54, 1.807) is 0 Å². The number of rotatable bonds is 15. The highest BCUT2D eigenvalue weighted by atomic mass is 15.2. The standard InChI is InChI=1S/C21H44N2/c1-3-5-7-9-11-13-15-21(23-19-17-22-18-20-23)16-14-12-10-8-6-4-2/h21-22H,3-20H2,1-2H3. The van der Waals surface area contributed by atoms with E-state index in [0.29, 0.717) is 0 Å². The second kappa shape index (κ2) is 15.4. The average Bonchev–Trinajstić information content (AvgIpc) is 2.60. The molecule has 1 heterocycles. The minimum Gasteiger partial charge on any atom is -0.314 e. The average molecular weight is 325 g/mol. The lowest BCUT2D eigenvalue weighted by molar-refractivity contribution is 0.151. The molecule has 1 saturated heterocycles. The summed E-state index contributed by atoms with van der Waals surface area (Å²) in [6, 6.07) is 0.870. The Morgan fingerprint density at radius 1 is 0.652 bits per heavy atom. The van der Waals surface area contributed by atoms with Gasteiger partial charge in [-0.2, -0.15) is 0 Å². The zero-order chi connectivity index (χ0) is 16.6. The van der Waals surface area contributed by atoms with Crippen molar-refractivity contribution in [2.75, 3.05) is 26.2 Å². The fourth-order valence-corrected chi connectivity index (χ4v) is 3.88. The Morgan fingerprint density at radius 2 is 1.09 bits per heavy atom. The molecule has 23 heavy (non-hydrogen) atoms. The van der Waals surface area contributed by atoms with Crippen molar-refractivity contribution in [3.05, 3.63) is 0 Å². The third-order valence-electron chi connectivity index (χ3n) is 5.45. The number of piperazine rings is 1. The van der Waals surface area contributed by atoms with Gasteiger partial charge in [-0.15, -0.1) is 0 Å². The molecule has 1 rings (SSSR count). The van der Waals surface area contributed by atoms with Crippen molar-refractivity contribution in [2.24, 2.45) is 0 Å². The van der Waals surface area contributed by atoms with E-state index in [1.807, 2.05) is 0 Å². The highest BCUT2D eigenvalue weighted by Gasteiger charge is 2.19. The van der Waals surface area contributed by atoms with Crippen LogP contribution in [0.5, 0.6) is 0 Å². The minimum atomic E-state index is 0.870. The summed E-state index contributed by atoms with van der Waals surface area (Å²) >= 11 is 0. The molecule has 0 aromatic carbocycles. The second-order valence-electron chi connectivity index (χ2n) is 7.55. The molecule has 0 atom stereocenters. The van der Waals surface area contributed by atoms with Crippen LogP contribution in [0, 0.1) is 0 Å². The number of hydrogen-bond acceptors (Lipinski definition) is 2. The summed E-state index contributed by atoms with van der Waals surface area (Å²) in [7, 11) is 0. The van der Waals surface area contributed by atoms with E-state index >= 15 is 0 Å². The molecule has 2 heteroatoms. The molecule has 0 aliphatic carbocycles. The van der Waals surface area contributed by atoms with Crippen LogP contribution in [0.15, 0.2) is 0 Å². The van der Waals surface area contributed by atoms with Crippen LogP contribution in [0.4, 0.5) is 0 Å². The third kappa shape index (κ3) is 11.2. The number of unbranched alkanes of at least 4 members (excludes halogenated alkanes) is 10. The predicted octanol–water partition coefficient (Wildman–Crippen LogP) is 5.76. The molecule has 1 aliphatic heterocycles. The summed E-state index contributed by atoms with van der Waals surface area (Å²) in [5.41, 5.74) is 0. The number of nitrogens with zero attached hydrogens (tertiary/aromatic N) is 1. The highest BCUT2D eigenvalue weighted by molar-refractivity contribution is 4.77. The summed E-state index contributed by atoms with van der Waals surface area (Å²) in [5, 5.41) is 3.51. The molecule has 0 spiro atoms. The van der Waals surface area contributed by atoms with Gasteiger partial charge in [-0.05, 0) is 12.8 Å². The molecule has 1 N–H and O–H groups in total. The van der Waals surface area contributed by atoms with Crippen molar-refractivity contribution in [2.45, 2.75) is 110 Å². The molecule has 0 aromatic heterocycles. The monoisotopic (exact) mass is 324 g/mol. The smallest absolute Gasteiger partial charge is 0.0110 e. The van der Waals surface area contributed by atoms with Crippen molar-refractivity contribution in [1.82, 2.24) is 10.2 Å². The van der Waals surface area contributed by atoms with E-state index in [2.05, 4.69) is 24.1 Å². The molecular formula is C21H44N2. The summed E-state index contributed by atoms with van der Waals surface area (Å²) in [6.07, 6.45) is 20.1. The summed E-state index contributed by atoms with van der Waals surface area (Å²) in [5.74, 6) is 0. The van der Waals surface area contributed by atoms with Gasteiger partial charge in [-0.3, -0.25) is 4.90 Å². The maximum Gasteiger partial charge on any atom is 0.0110 e. The topological polar surface area (TPSA) is 15.3 Å². The van der Waals surface area contributed by atoms with E-state index in [-0.39, 0.29) is 0 Å². The van der Waals surface area contributed by atoms with Crippen LogP contribution in [0.1, 0.15) is 104 Å². The molecular weight excluding hydrogens is 280 g/mol. The van der Waals surface area contributed by atoms with Crippen molar-refractivity contribution >= 4 is 0 Å². The minimum absolute atomic E-state index is 0.870. The Bertz CT molecular complexity index is 220. The Hall–Kier alpha value is -0.0800. The first-order valence-corrected chi connectivity index (χ1v) is 10.8. The summed E-state index contributed by atoms with van der Waals surface area (Å²) in [4.78, 5) is 2.79. The van der Waals surface area contributed by atoms with Crippen LogP contribution in [-0.4, -0.2) is 37.1 Å². The normalized spacial score (nSPS) is 16.3. The molecule has 1 aliphatic rings. The van der Waals surface area contributed by atoms with Gasteiger partial charge in [-0.25, -0.2) is 0 Å². The maximum absolute atomic E-state index is 3.51.